The van der Waals surface area contributed by atoms with Gasteiger partial charge in [-0.15, -0.1) is 0 Å². The van der Waals surface area contributed by atoms with E-state index in [1.165, 1.54) is 0 Å². The van der Waals surface area contributed by atoms with Gasteiger partial charge in [0.1, 0.15) is 5.82 Å². The predicted octanol–water partition coefficient (Wildman–Crippen LogP) is 0.153. The summed E-state index contributed by atoms with van der Waals surface area (Å²) >= 11 is 0. The molecule has 0 bridgehead atoms. The zero-order valence-corrected chi connectivity index (χ0v) is 8.29. The van der Waals surface area contributed by atoms with Gasteiger partial charge in [0.2, 0.25) is 5.91 Å². The summed E-state index contributed by atoms with van der Waals surface area (Å²) in [6.07, 6.45) is 4.56. The number of H-pyrrole nitrogens is 1. The average molecular weight is 196 g/mol. The third-order valence-electron chi connectivity index (χ3n) is 1.83. The number of carbonyl (C=O) groups is 1. The molecule has 5 nitrogen and oxygen atoms in total. The van der Waals surface area contributed by atoms with Crippen LogP contribution in [0.25, 0.3) is 0 Å². The highest BCUT2D eigenvalue weighted by atomic mass is 16.1. The van der Waals surface area contributed by atoms with Gasteiger partial charge in [0.05, 0.1) is 6.54 Å². The Bertz CT molecular complexity index is 268. The fourth-order valence-corrected chi connectivity index (χ4v) is 1.02. The summed E-state index contributed by atoms with van der Waals surface area (Å²) in [7, 11) is 0. The van der Waals surface area contributed by atoms with Crippen molar-refractivity contribution in [3.05, 3.63) is 18.2 Å². The number of amides is 1. The van der Waals surface area contributed by atoms with Gasteiger partial charge in [-0.2, -0.15) is 0 Å². The van der Waals surface area contributed by atoms with E-state index in [-0.39, 0.29) is 11.9 Å². The molecule has 0 aliphatic heterocycles. The number of nitrogens with two attached hydrogens (primary N) is 1. The lowest BCUT2D eigenvalue weighted by Gasteiger charge is -2.05. The molecule has 1 unspecified atom stereocenters. The summed E-state index contributed by atoms with van der Waals surface area (Å²) in [6.45, 7) is 2.34. The minimum atomic E-state index is 0.0127. The molecule has 4 N–H and O–H groups in total. The summed E-state index contributed by atoms with van der Waals surface area (Å²) in [5.74, 6) is 0.776. The van der Waals surface area contributed by atoms with E-state index in [0.717, 1.165) is 5.82 Å². The Morgan fingerprint density at radius 3 is 3.14 bits per heavy atom. The fourth-order valence-electron chi connectivity index (χ4n) is 1.02. The Balaban J connectivity index is 2.15. The van der Waals surface area contributed by atoms with Crippen LogP contribution in [0.4, 0.5) is 0 Å². The molecule has 0 fully saturated rings. The molecular formula is C9H16N4O. The van der Waals surface area contributed by atoms with Gasteiger partial charge in [-0.3, -0.25) is 4.79 Å². The van der Waals surface area contributed by atoms with Crippen molar-refractivity contribution < 1.29 is 4.79 Å². The summed E-state index contributed by atoms with van der Waals surface area (Å²) < 4.78 is 0. The monoisotopic (exact) mass is 196 g/mol. The molecule has 0 aliphatic rings. The second kappa shape index (κ2) is 5.39. The van der Waals surface area contributed by atoms with Crippen molar-refractivity contribution in [2.75, 3.05) is 0 Å². The van der Waals surface area contributed by atoms with Crippen molar-refractivity contribution in [3.63, 3.8) is 0 Å². The van der Waals surface area contributed by atoms with Crippen LogP contribution in [0.15, 0.2) is 12.4 Å². The van der Waals surface area contributed by atoms with Crippen molar-refractivity contribution >= 4 is 5.91 Å². The SMILES string of the molecule is CC(N)CCC(=O)NCc1ncc[nH]1. The van der Waals surface area contributed by atoms with Gasteiger partial charge >= 0.3 is 0 Å². The van der Waals surface area contributed by atoms with Gasteiger partial charge in [-0.1, -0.05) is 0 Å². The second-order valence-electron chi connectivity index (χ2n) is 3.33. The lowest BCUT2D eigenvalue weighted by atomic mass is 10.2. The number of imidazole rings is 1. The molecule has 0 radical (unpaired) electrons. The van der Waals surface area contributed by atoms with Crippen LogP contribution in [0.2, 0.25) is 0 Å². The number of nitrogens with zero attached hydrogens (tertiary/aromatic N) is 1. The molecule has 5 heteroatoms. The molecule has 1 rings (SSSR count). The molecule has 14 heavy (non-hydrogen) atoms. The first-order valence-corrected chi connectivity index (χ1v) is 4.69. The molecule has 1 heterocycles. The summed E-state index contributed by atoms with van der Waals surface area (Å²) in [4.78, 5) is 18.1. The topological polar surface area (TPSA) is 83.8 Å². The Morgan fingerprint density at radius 2 is 2.57 bits per heavy atom. The van der Waals surface area contributed by atoms with Crippen LogP contribution in [0.1, 0.15) is 25.6 Å². The molecule has 78 valence electrons. The van der Waals surface area contributed by atoms with E-state index in [2.05, 4.69) is 15.3 Å². The Kier molecular flexibility index (Phi) is 4.12. The molecule has 1 atom stereocenters. The maximum absolute atomic E-state index is 11.2. The molecule has 1 amide bonds. The quantitative estimate of drug-likeness (QED) is 0.627. The number of aromatic amines is 1. The molecule has 0 aliphatic carbocycles. The van der Waals surface area contributed by atoms with E-state index in [0.29, 0.717) is 19.4 Å². The van der Waals surface area contributed by atoms with E-state index in [9.17, 15) is 4.79 Å². The van der Waals surface area contributed by atoms with Crippen molar-refractivity contribution in [3.8, 4) is 0 Å². The number of hydrogen-bond donors (Lipinski definition) is 3. The lowest BCUT2D eigenvalue weighted by Crippen LogP contribution is -2.25. The van der Waals surface area contributed by atoms with Crippen LogP contribution in [-0.4, -0.2) is 21.9 Å². The van der Waals surface area contributed by atoms with Crippen molar-refractivity contribution in [1.82, 2.24) is 15.3 Å². The van der Waals surface area contributed by atoms with Crippen molar-refractivity contribution in [2.45, 2.75) is 32.4 Å². The number of rotatable bonds is 5. The highest BCUT2D eigenvalue weighted by Gasteiger charge is 2.03. The zero-order valence-electron chi connectivity index (χ0n) is 8.29. The smallest absolute Gasteiger partial charge is 0.220 e. The molecule has 0 aromatic carbocycles. The first-order chi connectivity index (χ1) is 6.68. The lowest BCUT2D eigenvalue weighted by molar-refractivity contribution is -0.121. The molecule has 1 aromatic heterocycles. The number of nitrogens with one attached hydrogen (secondary N) is 2. The van der Waals surface area contributed by atoms with Crippen LogP contribution in [0.3, 0.4) is 0 Å². The maximum atomic E-state index is 11.2. The first-order valence-electron chi connectivity index (χ1n) is 4.69. The molecule has 0 saturated carbocycles. The number of carbonyl (C=O) groups excluding carboxylic acids is 1. The van der Waals surface area contributed by atoms with Crippen LogP contribution >= 0.6 is 0 Å². The number of aromatic nitrogens is 2. The van der Waals surface area contributed by atoms with E-state index < -0.39 is 0 Å². The third kappa shape index (κ3) is 4.04. The fraction of sp³-hybridized carbons (Fsp3) is 0.556. The first kappa shape index (κ1) is 10.7. The summed E-state index contributed by atoms with van der Waals surface area (Å²) in [5, 5.41) is 2.75. The predicted molar refractivity (Wildman–Crippen MR) is 53.3 cm³/mol. The van der Waals surface area contributed by atoms with Crippen molar-refractivity contribution in [2.24, 2.45) is 5.73 Å². The number of hydrogen-bond acceptors (Lipinski definition) is 3. The van der Waals surface area contributed by atoms with Gasteiger partial charge in [0, 0.05) is 24.9 Å². The normalized spacial score (nSPS) is 12.4. The van der Waals surface area contributed by atoms with Gasteiger partial charge in [-0.25, -0.2) is 4.98 Å². The van der Waals surface area contributed by atoms with E-state index >= 15 is 0 Å². The van der Waals surface area contributed by atoms with Crippen LogP contribution in [0, 0.1) is 0 Å². The maximum Gasteiger partial charge on any atom is 0.220 e. The standard InChI is InChI=1S/C9H16N4O/c1-7(10)2-3-9(14)13-6-8-11-4-5-12-8/h4-5,7H,2-3,6,10H2,1H3,(H,11,12)(H,13,14). The second-order valence-corrected chi connectivity index (χ2v) is 3.33. The molecular weight excluding hydrogens is 180 g/mol. The van der Waals surface area contributed by atoms with Gasteiger partial charge in [-0.05, 0) is 13.3 Å². The van der Waals surface area contributed by atoms with E-state index in [1.807, 2.05) is 6.92 Å². The zero-order chi connectivity index (χ0) is 10.4. The molecule has 0 saturated heterocycles. The molecule has 0 spiro atoms. The average Bonchev–Trinajstić information content (AvgIpc) is 2.63. The highest BCUT2D eigenvalue weighted by molar-refractivity contribution is 5.75. The van der Waals surface area contributed by atoms with Crippen molar-refractivity contribution in [1.29, 1.82) is 0 Å². The summed E-state index contributed by atoms with van der Waals surface area (Å²) in [6, 6.07) is 0.0735. The minimum absolute atomic E-state index is 0.0127. The Morgan fingerprint density at radius 1 is 1.79 bits per heavy atom. The van der Waals surface area contributed by atoms with Crippen LogP contribution in [0.5, 0.6) is 0 Å². The van der Waals surface area contributed by atoms with E-state index in [1.54, 1.807) is 12.4 Å². The van der Waals surface area contributed by atoms with Crippen LogP contribution in [-0.2, 0) is 11.3 Å². The largest absolute Gasteiger partial charge is 0.349 e. The van der Waals surface area contributed by atoms with Gasteiger partial charge in [0.25, 0.3) is 0 Å². The van der Waals surface area contributed by atoms with E-state index in [4.69, 9.17) is 5.73 Å². The Labute approximate surface area is 83.1 Å². The summed E-state index contributed by atoms with van der Waals surface area (Å²) in [5.41, 5.74) is 5.53. The molecule has 1 aromatic rings. The third-order valence-corrected chi connectivity index (χ3v) is 1.83. The minimum Gasteiger partial charge on any atom is -0.349 e. The highest BCUT2D eigenvalue weighted by Crippen LogP contribution is 1.94. The van der Waals surface area contributed by atoms with Crippen LogP contribution < -0.4 is 11.1 Å². The Hall–Kier alpha value is -1.36. The van der Waals surface area contributed by atoms with Gasteiger partial charge in [0.15, 0.2) is 0 Å². The van der Waals surface area contributed by atoms with Gasteiger partial charge < -0.3 is 16.0 Å².